The molecule has 0 unspecified atom stereocenters. The van der Waals surface area contributed by atoms with Crippen LogP contribution in [0.15, 0.2) is 41.3 Å². The van der Waals surface area contributed by atoms with Crippen LogP contribution in [-0.2, 0) is 0 Å². The van der Waals surface area contributed by atoms with E-state index >= 15 is 0 Å². The maximum Gasteiger partial charge on any atom is 0.162 e. The third kappa shape index (κ3) is 1.12. The van der Waals surface area contributed by atoms with E-state index in [-0.39, 0.29) is 0 Å². The van der Waals surface area contributed by atoms with E-state index in [9.17, 15) is 0 Å². The zero-order valence-corrected chi connectivity index (χ0v) is 7.99. The van der Waals surface area contributed by atoms with Crippen molar-refractivity contribution in [3.8, 4) is 10.8 Å². The molecule has 3 nitrogen and oxygen atoms in total. The van der Waals surface area contributed by atoms with Crippen molar-refractivity contribution in [1.82, 2.24) is 9.97 Å². The second kappa shape index (κ2) is 2.92. The highest BCUT2D eigenvalue weighted by molar-refractivity contribution is 7.21. The van der Waals surface area contributed by atoms with Crippen molar-refractivity contribution in [2.75, 3.05) is 0 Å². The molecule has 0 amide bonds. The molecular weight excluding hydrogens is 196 g/mol. The Morgan fingerprint density at radius 1 is 1.29 bits per heavy atom. The monoisotopic (exact) mass is 202 g/mol. The van der Waals surface area contributed by atoms with Gasteiger partial charge in [-0.15, -0.1) is 11.3 Å². The maximum atomic E-state index is 5.28. The number of fused-ring (bicyclic) bond motifs is 1. The van der Waals surface area contributed by atoms with E-state index in [1.165, 1.54) is 0 Å². The summed E-state index contributed by atoms with van der Waals surface area (Å²) in [5.74, 6) is 0.811. The first-order chi connectivity index (χ1) is 6.93. The lowest BCUT2D eigenvalue weighted by molar-refractivity contribution is 0.582. The summed E-state index contributed by atoms with van der Waals surface area (Å²) in [6, 6.07) is 5.73. The van der Waals surface area contributed by atoms with Gasteiger partial charge in [0.2, 0.25) is 0 Å². The minimum absolute atomic E-state index is 0.811. The summed E-state index contributed by atoms with van der Waals surface area (Å²) < 4.78 is 6.41. The van der Waals surface area contributed by atoms with E-state index in [1.807, 2.05) is 18.2 Å². The van der Waals surface area contributed by atoms with Crippen LogP contribution in [0.1, 0.15) is 0 Å². The second-order valence-electron chi connectivity index (χ2n) is 2.84. The smallest absolute Gasteiger partial charge is 0.162 e. The lowest BCUT2D eigenvalue weighted by Gasteiger charge is -1.84. The second-order valence-corrected chi connectivity index (χ2v) is 3.87. The Hall–Kier alpha value is -1.68. The first-order valence-corrected chi connectivity index (χ1v) is 4.99. The van der Waals surface area contributed by atoms with Crippen molar-refractivity contribution in [3.05, 3.63) is 36.9 Å². The normalized spacial score (nSPS) is 10.9. The van der Waals surface area contributed by atoms with Crippen LogP contribution in [0.3, 0.4) is 0 Å². The van der Waals surface area contributed by atoms with Crippen molar-refractivity contribution < 1.29 is 4.42 Å². The number of rotatable bonds is 1. The molecule has 0 N–H and O–H groups in total. The van der Waals surface area contributed by atoms with Crippen molar-refractivity contribution in [2.45, 2.75) is 0 Å². The molecule has 4 heteroatoms. The molecule has 0 bridgehead atoms. The highest BCUT2D eigenvalue weighted by Gasteiger charge is 2.07. The van der Waals surface area contributed by atoms with E-state index in [2.05, 4.69) is 9.97 Å². The Bertz CT molecular complexity index is 523. The molecule has 0 saturated heterocycles. The molecule has 0 aliphatic carbocycles. The number of nitrogens with zero attached hydrogens (tertiary/aromatic N) is 2. The van der Waals surface area contributed by atoms with Crippen molar-refractivity contribution in [3.63, 3.8) is 0 Å². The van der Waals surface area contributed by atoms with Crippen LogP contribution in [0.25, 0.3) is 21.0 Å². The molecule has 0 aromatic carbocycles. The van der Waals surface area contributed by atoms with Crippen LogP contribution in [0, 0.1) is 0 Å². The van der Waals surface area contributed by atoms with Crippen LogP contribution >= 0.6 is 11.3 Å². The summed E-state index contributed by atoms with van der Waals surface area (Å²) in [7, 11) is 0. The van der Waals surface area contributed by atoms with Gasteiger partial charge in [-0.3, -0.25) is 4.98 Å². The summed E-state index contributed by atoms with van der Waals surface area (Å²) in [5.41, 5.74) is 0.920. The highest BCUT2D eigenvalue weighted by Crippen LogP contribution is 2.29. The topological polar surface area (TPSA) is 38.9 Å². The van der Waals surface area contributed by atoms with Crippen LogP contribution in [0.4, 0.5) is 0 Å². The average molecular weight is 202 g/mol. The molecule has 3 rings (SSSR count). The fourth-order valence-electron chi connectivity index (χ4n) is 1.29. The largest absolute Gasteiger partial charge is 0.462 e. The minimum atomic E-state index is 0.811. The molecule has 0 radical (unpaired) electrons. The zero-order valence-electron chi connectivity index (χ0n) is 7.18. The van der Waals surface area contributed by atoms with E-state index in [0.29, 0.717) is 0 Å². The van der Waals surface area contributed by atoms with Gasteiger partial charge in [0.1, 0.15) is 5.52 Å². The first kappa shape index (κ1) is 7.70. The van der Waals surface area contributed by atoms with E-state index in [4.69, 9.17) is 4.42 Å². The molecule has 0 fully saturated rings. The first-order valence-electron chi connectivity index (χ1n) is 4.18. The van der Waals surface area contributed by atoms with Gasteiger partial charge in [0.25, 0.3) is 0 Å². The Kier molecular flexibility index (Phi) is 1.61. The van der Waals surface area contributed by atoms with Crippen LogP contribution in [-0.4, -0.2) is 9.97 Å². The van der Waals surface area contributed by atoms with Gasteiger partial charge in [-0.2, -0.15) is 0 Å². The Balaban J connectivity index is 2.24. The molecule has 0 aliphatic rings. The fraction of sp³-hybridized carbons (Fsp3) is 0. The number of pyridine rings is 1. The van der Waals surface area contributed by atoms with Crippen LogP contribution < -0.4 is 0 Å². The fourth-order valence-corrected chi connectivity index (χ4v) is 2.19. The summed E-state index contributed by atoms with van der Waals surface area (Å²) in [4.78, 5) is 8.44. The van der Waals surface area contributed by atoms with Gasteiger partial charge in [-0.05, 0) is 18.2 Å². The number of thiazole rings is 1. The van der Waals surface area contributed by atoms with Crippen molar-refractivity contribution >= 4 is 21.6 Å². The van der Waals surface area contributed by atoms with Crippen molar-refractivity contribution in [1.29, 1.82) is 0 Å². The van der Waals surface area contributed by atoms with Crippen LogP contribution in [0.2, 0.25) is 0 Å². The average Bonchev–Trinajstić information content (AvgIpc) is 2.86. The van der Waals surface area contributed by atoms with Gasteiger partial charge in [0, 0.05) is 6.20 Å². The van der Waals surface area contributed by atoms with Gasteiger partial charge in [0.15, 0.2) is 10.8 Å². The number of hydrogen-bond donors (Lipinski definition) is 0. The SMILES string of the molecule is c1coc(-c2nc3cnccc3s2)c1. The third-order valence-corrected chi connectivity index (χ3v) is 2.97. The Morgan fingerprint density at radius 2 is 2.29 bits per heavy atom. The predicted octanol–water partition coefficient (Wildman–Crippen LogP) is 2.95. The minimum Gasteiger partial charge on any atom is -0.462 e. The zero-order chi connectivity index (χ0) is 9.38. The molecule has 3 heterocycles. The van der Waals surface area contributed by atoms with Gasteiger partial charge in [-0.25, -0.2) is 4.98 Å². The summed E-state index contributed by atoms with van der Waals surface area (Å²) in [6.45, 7) is 0. The summed E-state index contributed by atoms with van der Waals surface area (Å²) in [6.07, 6.45) is 5.18. The molecular formula is C10H6N2OS. The van der Waals surface area contributed by atoms with E-state index in [1.54, 1.807) is 30.0 Å². The summed E-state index contributed by atoms with van der Waals surface area (Å²) in [5, 5.41) is 0.901. The van der Waals surface area contributed by atoms with Crippen molar-refractivity contribution in [2.24, 2.45) is 0 Å². The van der Waals surface area contributed by atoms with Crippen LogP contribution in [0.5, 0.6) is 0 Å². The van der Waals surface area contributed by atoms with E-state index in [0.717, 1.165) is 21.0 Å². The van der Waals surface area contributed by atoms with Gasteiger partial charge in [0.05, 0.1) is 17.2 Å². The Morgan fingerprint density at radius 3 is 3.07 bits per heavy atom. The number of hydrogen-bond acceptors (Lipinski definition) is 4. The van der Waals surface area contributed by atoms with E-state index < -0.39 is 0 Å². The molecule has 14 heavy (non-hydrogen) atoms. The molecule has 3 aromatic heterocycles. The lowest BCUT2D eigenvalue weighted by atomic mass is 10.4. The molecule has 0 atom stereocenters. The number of furan rings is 1. The lowest BCUT2D eigenvalue weighted by Crippen LogP contribution is -1.71. The van der Waals surface area contributed by atoms with Gasteiger partial charge in [-0.1, -0.05) is 0 Å². The molecule has 68 valence electrons. The standard InChI is InChI=1S/C10H6N2OS/c1-2-8(13-5-1)10-12-7-6-11-4-3-9(7)14-10/h1-6H. The molecule has 0 saturated carbocycles. The van der Waals surface area contributed by atoms with Gasteiger partial charge < -0.3 is 4.42 Å². The molecule has 3 aromatic rings. The summed E-state index contributed by atoms with van der Waals surface area (Å²) >= 11 is 1.61. The Labute approximate surface area is 84.0 Å². The molecule has 0 aliphatic heterocycles. The van der Waals surface area contributed by atoms with Gasteiger partial charge >= 0.3 is 0 Å². The third-order valence-electron chi connectivity index (χ3n) is 1.92. The maximum absolute atomic E-state index is 5.28. The highest BCUT2D eigenvalue weighted by atomic mass is 32.1. The molecule has 0 spiro atoms. The predicted molar refractivity (Wildman–Crippen MR) is 55.1 cm³/mol. The quantitative estimate of drug-likeness (QED) is 0.609. The number of aromatic nitrogens is 2.